The summed E-state index contributed by atoms with van der Waals surface area (Å²) in [5.74, 6) is -1.65. The van der Waals surface area contributed by atoms with E-state index in [0.717, 1.165) is 64.2 Å². The van der Waals surface area contributed by atoms with Crippen molar-refractivity contribution in [2.75, 3.05) is 0 Å². The average molecular weight is 473 g/mol. The van der Waals surface area contributed by atoms with Crippen LogP contribution in [0.25, 0.3) is 0 Å². The molecular weight excluding hydrogens is 440 g/mol. The monoisotopic (exact) mass is 472 g/mol. The van der Waals surface area contributed by atoms with E-state index in [0.29, 0.717) is 11.3 Å². The molecule has 2 saturated carbocycles. The number of carbonyl (C=O) groups excluding carboxylic acids is 2. The predicted octanol–water partition coefficient (Wildman–Crippen LogP) is 4.04. The van der Waals surface area contributed by atoms with Gasteiger partial charge in [0.05, 0.1) is 0 Å². The largest absolute Gasteiger partial charge is 0.425 e. The van der Waals surface area contributed by atoms with Crippen LogP contribution in [0.2, 0.25) is 0 Å². The average Bonchev–Trinajstić information content (AvgIpc) is 3.37. The molecular formula is C26H32O8. The Hall–Kier alpha value is -1.84. The number of rotatable bonds is 3. The van der Waals surface area contributed by atoms with Gasteiger partial charge >= 0.3 is 5.97 Å². The molecule has 0 bridgehead atoms. The summed E-state index contributed by atoms with van der Waals surface area (Å²) in [6.45, 7) is 1.49. The molecule has 184 valence electrons. The summed E-state index contributed by atoms with van der Waals surface area (Å²) in [4.78, 5) is 24.9. The first-order chi connectivity index (χ1) is 16.5. The molecule has 0 radical (unpaired) electrons. The van der Waals surface area contributed by atoms with E-state index < -0.39 is 48.2 Å². The maximum Gasteiger partial charge on any atom is 0.343 e. The van der Waals surface area contributed by atoms with E-state index in [1.165, 1.54) is 6.92 Å². The second-order valence-electron chi connectivity index (χ2n) is 10.2. The zero-order chi connectivity index (χ0) is 23.3. The Bertz CT molecular complexity index is 931. The van der Waals surface area contributed by atoms with Gasteiger partial charge in [-0.25, -0.2) is 4.79 Å². The van der Waals surface area contributed by atoms with Gasteiger partial charge in [-0.1, -0.05) is 12.8 Å². The number of benzene rings is 1. The fourth-order valence-corrected chi connectivity index (χ4v) is 6.08. The lowest BCUT2D eigenvalue weighted by molar-refractivity contribution is -0.250. The van der Waals surface area contributed by atoms with E-state index in [9.17, 15) is 9.59 Å². The minimum absolute atomic E-state index is 0.0494. The zero-order valence-corrected chi connectivity index (χ0v) is 19.5. The summed E-state index contributed by atoms with van der Waals surface area (Å²) in [5.41, 5.74) is 0.553. The summed E-state index contributed by atoms with van der Waals surface area (Å²) in [6.07, 6.45) is 6.39. The van der Waals surface area contributed by atoms with Gasteiger partial charge in [0.1, 0.15) is 24.1 Å². The molecule has 5 atom stereocenters. The van der Waals surface area contributed by atoms with Crippen LogP contribution < -0.4 is 4.74 Å². The number of ether oxygens (including phenoxy) is 6. The minimum atomic E-state index is -0.998. The van der Waals surface area contributed by atoms with Crippen molar-refractivity contribution in [2.45, 2.75) is 113 Å². The van der Waals surface area contributed by atoms with Crippen molar-refractivity contribution >= 4 is 11.8 Å². The molecule has 5 aliphatic rings. The van der Waals surface area contributed by atoms with E-state index >= 15 is 0 Å². The maximum atomic E-state index is 13.3. The van der Waals surface area contributed by atoms with Crippen LogP contribution in [0.3, 0.4) is 0 Å². The van der Waals surface area contributed by atoms with Crippen LogP contribution in [0.4, 0.5) is 0 Å². The Kier molecular flexibility index (Phi) is 5.77. The molecule has 6 rings (SSSR count). The van der Waals surface area contributed by atoms with Crippen LogP contribution in [-0.4, -0.2) is 54.0 Å². The number of Topliss-reactive ketones (excluding diaryl/α,β-unsaturated/α-hetero) is 1. The van der Waals surface area contributed by atoms with Gasteiger partial charge in [-0.2, -0.15) is 0 Å². The normalized spacial score (nSPS) is 35.6. The first-order valence-corrected chi connectivity index (χ1v) is 12.7. The lowest BCUT2D eigenvalue weighted by Gasteiger charge is -2.35. The van der Waals surface area contributed by atoms with Crippen molar-refractivity contribution in [2.24, 2.45) is 0 Å². The SMILES string of the molecule is CC(=O)c1ccc(OC(=O)[C@H]2O[C@H]3OC4(CCCCC4)O[C@@H]3[C@H]3OC4(CCCCC4)O[C@H]32)cc1. The molecule has 1 aromatic rings. The lowest BCUT2D eigenvalue weighted by Crippen LogP contribution is -2.58. The molecule has 1 aromatic carbocycles. The summed E-state index contributed by atoms with van der Waals surface area (Å²) in [7, 11) is 0. The highest BCUT2D eigenvalue weighted by Crippen LogP contribution is 2.51. The third kappa shape index (κ3) is 3.99. The molecule has 2 aliphatic carbocycles. The number of hydrogen-bond donors (Lipinski definition) is 0. The van der Waals surface area contributed by atoms with Gasteiger partial charge in [-0.05, 0) is 56.9 Å². The van der Waals surface area contributed by atoms with Crippen LogP contribution in [0, 0.1) is 0 Å². The van der Waals surface area contributed by atoms with Crippen molar-refractivity contribution in [3.8, 4) is 5.75 Å². The van der Waals surface area contributed by atoms with E-state index in [-0.39, 0.29) is 5.78 Å². The topological polar surface area (TPSA) is 89.5 Å². The first-order valence-electron chi connectivity index (χ1n) is 12.7. The maximum absolute atomic E-state index is 13.3. The fourth-order valence-electron chi connectivity index (χ4n) is 6.08. The van der Waals surface area contributed by atoms with Gasteiger partial charge in [0.25, 0.3) is 0 Å². The summed E-state index contributed by atoms with van der Waals surface area (Å²) >= 11 is 0. The molecule has 8 heteroatoms. The quantitative estimate of drug-likeness (QED) is 0.370. The molecule has 0 N–H and O–H groups in total. The van der Waals surface area contributed by atoms with Gasteiger partial charge in [0, 0.05) is 31.2 Å². The van der Waals surface area contributed by atoms with Gasteiger partial charge in [0.15, 0.2) is 29.8 Å². The Morgan fingerprint density at radius 2 is 1.32 bits per heavy atom. The summed E-state index contributed by atoms with van der Waals surface area (Å²) in [5, 5.41) is 0. The third-order valence-electron chi connectivity index (χ3n) is 7.82. The predicted molar refractivity (Wildman–Crippen MR) is 118 cm³/mol. The third-order valence-corrected chi connectivity index (χ3v) is 7.82. The van der Waals surface area contributed by atoms with Crippen molar-refractivity contribution < 1.29 is 38.0 Å². The van der Waals surface area contributed by atoms with Gasteiger partial charge in [-0.3, -0.25) is 4.79 Å². The van der Waals surface area contributed by atoms with Crippen LogP contribution in [0.5, 0.6) is 5.75 Å². The number of fused-ring (bicyclic) bond motifs is 3. The summed E-state index contributed by atoms with van der Waals surface area (Å²) < 4.78 is 37.7. The molecule has 0 aromatic heterocycles. The highest BCUT2D eigenvalue weighted by molar-refractivity contribution is 5.94. The van der Waals surface area contributed by atoms with Crippen molar-refractivity contribution in [3.63, 3.8) is 0 Å². The molecule has 3 saturated heterocycles. The highest BCUT2D eigenvalue weighted by Gasteiger charge is 2.65. The van der Waals surface area contributed by atoms with E-state index in [2.05, 4.69) is 0 Å². The smallest absolute Gasteiger partial charge is 0.343 e. The highest BCUT2D eigenvalue weighted by atomic mass is 16.9. The second-order valence-corrected chi connectivity index (χ2v) is 10.2. The Labute approximate surface area is 199 Å². The van der Waals surface area contributed by atoms with E-state index in [1.54, 1.807) is 24.3 Å². The molecule has 8 nitrogen and oxygen atoms in total. The molecule has 0 unspecified atom stereocenters. The Morgan fingerprint density at radius 1 is 0.765 bits per heavy atom. The van der Waals surface area contributed by atoms with Gasteiger partial charge in [0.2, 0.25) is 0 Å². The molecule has 0 amide bonds. The fraction of sp³-hybridized carbons (Fsp3) is 0.692. The van der Waals surface area contributed by atoms with E-state index in [4.69, 9.17) is 28.4 Å². The minimum Gasteiger partial charge on any atom is -0.425 e. The number of carbonyl (C=O) groups is 2. The molecule has 2 spiro atoms. The van der Waals surface area contributed by atoms with Crippen LogP contribution in [0.1, 0.15) is 81.5 Å². The van der Waals surface area contributed by atoms with Crippen LogP contribution >= 0.6 is 0 Å². The second kappa shape index (κ2) is 8.68. The van der Waals surface area contributed by atoms with Crippen LogP contribution in [0.15, 0.2) is 24.3 Å². The molecule has 34 heavy (non-hydrogen) atoms. The van der Waals surface area contributed by atoms with Gasteiger partial charge in [-0.15, -0.1) is 0 Å². The standard InChI is InChI=1S/C26H32O8/c1-16(27)17-8-10-18(11-9-17)29-23(28)21-19-20(32-25(31-19)12-4-2-5-13-25)22-24(30-21)34-26(33-22)14-6-3-7-15-26/h8-11,19-22,24H,2-7,12-15H2,1H3/t19-,20+,21+,22-,24+/m1/s1. The van der Waals surface area contributed by atoms with Crippen molar-refractivity contribution in [3.05, 3.63) is 29.8 Å². The van der Waals surface area contributed by atoms with Crippen LogP contribution in [-0.2, 0) is 28.5 Å². The summed E-state index contributed by atoms with van der Waals surface area (Å²) in [6, 6.07) is 6.49. The number of esters is 1. The van der Waals surface area contributed by atoms with Crippen molar-refractivity contribution in [1.82, 2.24) is 0 Å². The van der Waals surface area contributed by atoms with Gasteiger partial charge < -0.3 is 28.4 Å². The first kappa shape index (κ1) is 22.6. The zero-order valence-electron chi connectivity index (χ0n) is 19.5. The number of hydrogen-bond acceptors (Lipinski definition) is 8. The molecule has 3 heterocycles. The van der Waals surface area contributed by atoms with Crippen molar-refractivity contribution in [1.29, 1.82) is 0 Å². The molecule has 5 fully saturated rings. The lowest BCUT2D eigenvalue weighted by atomic mass is 9.94. The van der Waals surface area contributed by atoms with E-state index in [1.807, 2.05) is 0 Å². The molecule has 3 aliphatic heterocycles. The number of ketones is 1. The Balaban J connectivity index is 1.25. The Morgan fingerprint density at radius 3 is 1.94 bits per heavy atom.